The molecule has 0 saturated heterocycles. The Hall–Kier alpha value is -2.96. The van der Waals surface area contributed by atoms with E-state index in [2.05, 4.69) is 20.2 Å². The molecule has 0 atom stereocenters. The van der Waals surface area contributed by atoms with Gasteiger partial charge < -0.3 is 29.6 Å². The minimum atomic E-state index is -1.56. The van der Waals surface area contributed by atoms with Gasteiger partial charge in [0.25, 0.3) is 5.91 Å². The Morgan fingerprint density at radius 2 is 1.43 bits per heavy atom. The first-order chi connectivity index (χ1) is 24.6. The topological polar surface area (TPSA) is 152 Å². The summed E-state index contributed by atoms with van der Waals surface area (Å²) in [5.74, 6) is -2.58. The molecule has 2 aliphatic rings. The molecule has 1 amide bonds. The molecule has 0 spiro atoms. The van der Waals surface area contributed by atoms with Crippen LogP contribution in [0.1, 0.15) is 32.1 Å². The molecule has 2 aromatic heterocycles. The maximum atomic E-state index is 13.5. The van der Waals surface area contributed by atoms with E-state index >= 15 is 0 Å². The minimum Gasteiger partial charge on any atom is -0.871 e. The maximum absolute atomic E-state index is 13.5. The number of carboxylic acid groups (broad SMARTS) is 1. The molecular weight excluding hydrogens is 770 g/mol. The van der Waals surface area contributed by atoms with Crippen LogP contribution in [0.3, 0.4) is 0 Å². The van der Waals surface area contributed by atoms with Gasteiger partial charge in [-0.25, -0.2) is 0 Å². The fraction of sp³-hybridized carbons (Fsp3) is 0.0513. The molecule has 0 bridgehead atoms. The Bertz CT molecular complexity index is 2430. The van der Waals surface area contributed by atoms with E-state index in [1.54, 1.807) is 24.5 Å². The fourth-order valence-electron chi connectivity index (χ4n) is 5.83. The first-order valence-electron chi connectivity index (χ1n) is 15.5. The standard InChI is InChI=1S/C39H26Cl2N4O6.2K/c40-31-16-29-35(18-33(31)46)51-36-19-34(47)32(41)17-30(36)37(29)27-12-7-22(15-28(27)39(49)50)38(48)44-23-8-10-26(11-9-23)45(20-24-5-1-3-13-42-24)21-25-6-2-4-14-43-25;;/h1-19,46H,20-21H2,(H,44,48)(H,49,50);;/q;2*+1/p-2. The van der Waals surface area contributed by atoms with Crippen LogP contribution in [0.2, 0.25) is 10.0 Å². The van der Waals surface area contributed by atoms with Crippen molar-refractivity contribution in [3.05, 3.63) is 158 Å². The summed E-state index contributed by atoms with van der Waals surface area (Å²) in [5.41, 5.74) is 3.07. The fourth-order valence-corrected chi connectivity index (χ4v) is 6.15. The van der Waals surface area contributed by atoms with Crippen LogP contribution < -0.4 is 129 Å². The van der Waals surface area contributed by atoms with Crippen molar-refractivity contribution >= 4 is 57.4 Å². The van der Waals surface area contributed by atoms with Gasteiger partial charge in [0.05, 0.1) is 35.5 Å². The van der Waals surface area contributed by atoms with E-state index in [1.807, 2.05) is 48.5 Å². The number of nitrogens with zero attached hydrogens (tertiary/aromatic N) is 3. The van der Waals surface area contributed by atoms with E-state index in [0.29, 0.717) is 29.7 Å². The smallest absolute Gasteiger partial charge is 0.871 e. The Morgan fingerprint density at radius 1 is 0.774 bits per heavy atom. The van der Waals surface area contributed by atoms with Gasteiger partial charge in [-0.2, -0.15) is 0 Å². The van der Waals surface area contributed by atoms with Gasteiger partial charge >= 0.3 is 103 Å². The van der Waals surface area contributed by atoms with Crippen LogP contribution in [0.25, 0.3) is 33.4 Å². The van der Waals surface area contributed by atoms with E-state index in [-0.39, 0.29) is 146 Å². The number of hydrogen-bond acceptors (Lipinski definition) is 9. The SMILES string of the molecule is O=C(Nc1ccc(N(Cc2ccccn2)Cc2ccccn2)cc1)c1ccc(-c2c3cc(Cl)c(=O)cc-3oc3cc([O-])c(Cl)cc23)c(C(=O)[O-])c1.[K+].[K+]. The molecule has 14 heteroatoms. The van der Waals surface area contributed by atoms with Crippen LogP contribution in [-0.2, 0) is 13.1 Å². The van der Waals surface area contributed by atoms with Gasteiger partial charge in [-0.3, -0.25) is 19.6 Å². The van der Waals surface area contributed by atoms with Gasteiger partial charge in [0.2, 0.25) is 5.43 Å². The molecule has 0 fully saturated rings. The van der Waals surface area contributed by atoms with Crippen LogP contribution in [-0.4, -0.2) is 21.8 Å². The number of pyridine rings is 2. The van der Waals surface area contributed by atoms with Gasteiger partial charge in [-0.1, -0.05) is 47.2 Å². The van der Waals surface area contributed by atoms with Gasteiger partial charge in [-0.15, -0.1) is 0 Å². The number of aromatic carboxylic acids is 1. The van der Waals surface area contributed by atoms with Gasteiger partial charge in [0, 0.05) is 62.5 Å². The molecule has 7 rings (SSSR count). The second kappa shape index (κ2) is 18.1. The Labute approximate surface area is 398 Å². The molecule has 0 unspecified atom stereocenters. The number of anilines is 2. The van der Waals surface area contributed by atoms with Crippen molar-refractivity contribution in [3.63, 3.8) is 0 Å². The third-order valence-corrected chi connectivity index (χ3v) is 8.84. The predicted octanol–water partition coefficient (Wildman–Crippen LogP) is 0.566. The number of hydrogen-bond donors (Lipinski definition) is 1. The summed E-state index contributed by atoms with van der Waals surface area (Å²) >= 11 is 12.4. The molecule has 1 aliphatic heterocycles. The number of halogens is 2. The molecule has 5 aromatic rings. The third-order valence-electron chi connectivity index (χ3n) is 8.25. The summed E-state index contributed by atoms with van der Waals surface area (Å²) in [6.45, 7) is 1.05. The predicted molar refractivity (Wildman–Crippen MR) is 191 cm³/mol. The zero-order valence-corrected chi connectivity index (χ0v) is 36.2. The summed E-state index contributed by atoms with van der Waals surface area (Å²) < 4.78 is 5.84. The Morgan fingerprint density at radius 3 is 2.04 bits per heavy atom. The second-order valence-corrected chi connectivity index (χ2v) is 12.4. The summed E-state index contributed by atoms with van der Waals surface area (Å²) in [7, 11) is 0. The molecule has 0 radical (unpaired) electrons. The molecular formula is C39H24Cl2K2N4O6. The van der Waals surface area contributed by atoms with Crippen molar-refractivity contribution in [2.45, 2.75) is 13.1 Å². The monoisotopic (exact) mass is 792 g/mol. The zero-order chi connectivity index (χ0) is 35.6. The van der Waals surface area contributed by atoms with Crippen LogP contribution in [0.4, 0.5) is 11.4 Å². The quantitative estimate of drug-likeness (QED) is 0.164. The minimum absolute atomic E-state index is 0. The van der Waals surface area contributed by atoms with E-state index in [0.717, 1.165) is 29.2 Å². The second-order valence-electron chi connectivity index (χ2n) is 11.6. The summed E-state index contributed by atoms with van der Waals surface area (Å²) in [6.07, 6.45) is 3.48. The van der Waals surface area contributed by atoms with Crippen molar-refractivity contribution in [1.82, 2.24) is 9.97 Å². The normalized spacial score (nSPS) is 10.7. The van der Waals surface area contributed by atoms with Gasteiger partial charge in [0.1, 0.15) is 11.3 Å². The van der Waals surface area contributed by atoms with Crippen molar-refractivity contribution in [3.8, 4) is 28.2 Å². The number of rotatable bonds is 9. The first-order valence-corrected chi connectivity index (χ1v) is 16.3. The number of carbonyl (C=O) groups is 2. The van der Waals surface area contributed by atoms with Crippen LogP contribution >= 0.6 is 23.2 Å². The van der Waals surface area contributed by atoms with Gasteiger partial charge in [-0.05, 0) is 84.4 Å². The molecule has 1 N–H and O–H groups in total. The van der Waals surface area contributed by atoms with Gasteiger partial charge in [0.15, 0.2) is 0 Å². The van der Waals surface area contributed by atoms with Crippen LogP contribution in [0.15, 0.2) is 125 Å². The molecule has 0 saturated carbocycles. The number of fused-ring (bicyclic) bond motifs is 2. The van der Waals surface area contributed by atoms with E-state index in [9.17, 15) is 24.6 Å². The number of amides is 1. The number of aromatic nitrogens is 2. The average Bonchev–Trinajstić information content (AvgIpc) is 3.13. The molecule has 3 heterocycles. The van der Waals surface area contributed by atoms with Crippen LogP contribution in [0, 0.1) is 0 Å². The maximum Gasteiger partial charge on any atom is 1.00 e. The Balaban J connectivity index is 0.00000271. The molecule has 1 aliphatic carbocycles. The summed E-state index contributed by atoms with van der Waals surface area (Å²) in [5, 5.41) is 27.8. The number of nitrogens with one attached hydrogen (secondary N) is 1. The van der Waals surface area contributed by atoms with E-state index < -0.39 is 23.1 Å². The Kier molecular flexibility index (Phi) is 14.1. The first kappa shape index (κ1) is 41.2. The largest absolute Gasteiger partial charge is 1.00 e. The molecule has 10 nitrogen and oxygen atoms in total. The summed E-state index contributed by atoms with van der Waals surface area (Å²) in [6, 6.07) is 27.8. The van der Waals surface area contributed by atoms with Crippen molar-refractivity contribution in [1.29, 1.82) is 0 Å². The average molecular weight is 794 g/mol. The van der Waals surface area contributed by atoms with Crippen molar-refractivity contribution < 1.29 is 127 Å². The number of benzene rings is 4. The third kappa shape index (κ3) is 9.30. The van der Waals surface area contributed by atoms with E-state index in [1.165, 1.54) is 30.3 Å². The number of carboxylic acids is 1. The summed E-state index contributed by atoms with van der Waals surface area (Å²) in [4.78, 5) is 49.4. The number of carbonyl (C=O) groups excluding carboxylic acids is 2. The molecule has 3 aromatic carbocycles. The van der Waals surface area contributed by atoms with Crippen LogP contribution in [0.5, 0.6) is 5.75 Å². The van der Waals surface area contributed by atoms with Crippen molar-refractivity contribution in [2.75, 3.05) is 10.2 Å². The van der Waals surface area contributed by atoms with Crippen molar-refractivity contribution in [2.24, 2.45) is 0 Å². The zero-order valence-electron chi connectivity index (χ0n) is 28.4. The molecule has 252 valence electrons. The molecule has 53 heavy (non-hydrogen) atoms. The van der Waals surface area contributed by atoms with E-state index in [4.69, 9.17) is 27.6 Å².